The quantitative estimate of drug-likeness (QED) is 0.858. The Labute approximate surface area is 133 Å². The summed E-state index contributed by atoms with van der Waals surface area (Å²) >= 11 is 0. The predicted molar refractivity (Wildman–Crippen MR) is 82.0 cm³/mol. The first-order valence-electron chi connectivity index (χ1n) is 7.57. The topological polar surface area (TPSA) is 81.4 Å². The zero-order valence-corrected chi connectivity index (χ0v) is 13.0. The van der Waals surface area contributed by atoms with E-state index in [2.05, 4.69) is 10.5 Å². The molecule has 23 heavy (non-hydrogen) atoms. The van der Waals surface area contributed by atoms with Gasteiger partial charge in [0, 0.05) is 11.6 Å². The van der Waals surface area contributed by atoms with E-state index in [1.165, 1.54) is 0 Å². The van der Waals surface area contributed by atoms with Crippen molar-refractivity contribution in [2.75, 3.05) is 0 Å². The average Bonchev–Trinajstić information content (AvgIpc) is 3.25. The molecular formula is C17H18N2O4. The summed E-state index contributed by atoms with van der Waals surface area (Å²) in [4.78, 5) is 24.1. The number of hydrogen-bond donors (Lipinski definition) is 1. The number of benzene rings is 1. The number of amides is 1. The number of esters is 1. The first-order chi connectivity index (χ1) is 11.0. The van der Waals surface area contributed by atoms with Crippen LogP contribution in [0.15, 0.2) is 35.0 Å². The molecule has 1 amide bonds. The summed E-state index contributed by atoms with van der Waals surface area (Å²) in [7, 11) is 0. The number of hydrogen-bond acceptors (Lipinski definition) is 5. The molecule has 0 radical (unpaired) electrons. The van der Waals surface area contributed by atoms with Crippen molar-refractivity contribution in [3.8, 4) is 0 Å². The van der Waals surface area contributed by atoms with Crippen molar-refractivity contribution >= 4 is 11.9 Å². The molecule has 1 heterocycles. The minimum atomic E-state index is -0.452. The molecule has 2 aromatic rings. The van der Waals surface area contributed by atoms with Crippen LogP contribution in [0.25, 0.3) is 0 Å². The van der Waals surface area contributed by atoms with Crippen LogP contribution in [-0.2, 0) is 4.74 Å². The van der Waals surface area contributed by atoms with Gasteiger partial charge in [0.25, 0.3) is 5.91 Å². The molecule has 0 bridgehead atoms. The number of carbonyl (C=O) groups is 2. The van der Waals surface area contributed by atoms with Crippen LogP contribution >= 0.6 is 0 Å². The third-order valence-electron chi connectivity index (χ3n) is 3.81. The third kappa shape index (κ3) is 3.59. The van der Waals surface area contributed by atoms with E-state index in [-0.39, 0.29) is 5.91 Å². The Balaban J connectivity index is 1.63. The molecule has 1 N–H and O–H groups in total. The third-order valence-corrected chi connectivity index (χ3v) is 3.81. The highest BCUT2D eigenvalue weighted by atomic mass is 16.5. The number of carbonyl (C=O) groups excluding carboxylic acids is 2. The SMILES string of the molecule is Cc1oncc1[C@@H](C)OC(=O)c1ccc(C(=O)NC2CC2)cc1. The van der Waals surface area contributed by atoms with Gasteiger partial charge in [0.05, 0.1) is 17.3 Å². The lowest BCUT2D eigenvalue weighted by Gasteiger charge is -2.12. The van der Waals surface area contributed by atoms with Gasteiger partial charge in [-0.2, -0.15) is 0 Å². The fourth-order valence-electron chi connectivity index (χ4n) is 2.24. The van der Waals surface area contributed by atoms with Crippen LogP contribution in [0.5, 0.6) is 0 Å². The Morgan fingerprint density at radius 2 is 1.91 bits per heavy atom. The molecule has 6 nitrogen and oxygen atoms in total. The number of rotatable bonds is 5. The molecule has 0 aliphatic heterocycles. The molecule has 3 rings (SSSR count). The fraction of sp³-hybridized carbons (Fsp3) is 0.353. The molecule has 0 spiro atoms. The van der Waals surface area contributed by atoms with E-state index in [9.17, 15) is 9.59 Å². The first kappa shape index (κ1) is 15.3. The van der Waals surface area contributed by atoms with Gasteiger partial charge in [-0.3, -0.25) is 4.79 Å². The van der Waals surface area contributed by atoms with E-state index in [1.807, 2.05) is 0 Å². The van der Waals surface area contributed by atoms with Crippen molar-refractivity contribution in [2.45, 2.75) is 38.8 Å². The summed E-state index contributed by atoms with van der Waals surface area (Å²) in [5.74, 6) is 0.0607. The van der Waals surface area contributed by atoms with Crippen molar-refractivity contribution in [1.82, 2.24) is 10.5 Å². The smallest absolute Gasteiger partial charge is 0.338 e. The van der Waals surface area contributed by atoms with Gasteiger partial charge in [0.2, 0.25) is 0 Å². The second-order valence-electron chi connectivity index (χ2n) is 5.71. The Morgan fingerprint density at radius 1 is 1.26 bits per heavy atom. The molecule has 1 aromatic heterocycles. The molecule has 1 atom stereocenters. The normalized spacial score (nSPS) is 15.0. The van der Waals surface area contributed by atoms with Crippen molar-refractivity contribution in [3.05, 3.63) is 52.9 Å². The molecule has 0 saturated heterocycles. The van der Waals surface area contributed by atoms with Crippen molar-refractivity contribution in [2.24, 2.45) is 0 Å². The maximum Gasteiger partial charge on any atom is 0.338 e. The maximum absolute atomic E-state index is 12.2. The summed E-state index contributed by atoms with van der Waals surface area (Å²) in [6.07, 6.45) is 3.16. The minimum absolute atomic E-state index is 0.110. The molecule has 6 heteroatoms. The Bertz CT molecular complexity index is 716. The van der Waals surface area contributed by atoms with E-state index < -0.39 is 12.1 Å². The molecule has 0 unspecified atom stereocenters. The number of nitrogens with zero attached hydrogens (tertiary/aromatic N) is 1. The molecule has 1 aliphatic rings. The molecule has 1 fully saturated rings. The Morgan fingerprint density at radius 3 is 2.48 bits per heavy atom. The van der Waals surface area contributed by atoms with Gasteiger partial charge >= 0.3 is 5.97 Å². The average molecular weight is 314 g/mol. The number of ether oxygens (including phenoxy) is 1. The minimum Gasteiger partial charge on any atom is -0.454 e. The summed E-state index contributed by atoms with van der Waals surface area (Å²) in [6, 6.07) is 6.75. The standard InChI is InChI=1S/C17H18N2O4/c1-10(15-9-18-23-11(15)2)22-17(21)13-5-3-12(4-6-13)16(20)19-14-7-8-14/h3-6,9-10,14H,7-8H2,1-2H3,(H,19,20)/t10-/m1/s1. The highest BCUT2D eigenvalue weighted by Crippen LogP contribution is 2.22. The van der Waals surface area contributed by atoms with E-state index in [0.717, 1.165) is 18.4 Å². The van der Waals surface area contributed by atoms with Gasteiger partial charge in [0.1, 0.15) is 11.9 Å². The largest absolute Gasteiger partial charge is 0.454 e. The van der Waals surface area contributed by atoms with Crippen molar-refractivity contribution in [1.29, 1.82) is 0 Å². The van der Waals surface area contributed by atoms with Crippen LogP contribution in [0.2, 0.25) is 0 Å². The number of aromatic nitrogens is 1. The van der Waals surface area contributed by atoms with Crippen LogP contribution < -0.4 is 5.32 Å². The van der Waals surface area contributed by atoms with E-state index in [1.54, 1.807) is 44.3 Å². The van der Waals surface area contributed by atoms with Crippen molar-refractivity contribution < 1.29 is 18.8 Å². The Kier molecular flexibility index (Phi) is 4.14. The molecule has 1 saturated carbocycles. The second-order valence-corrected chi connectivity index (χ2v) is 5.71. The van der Waals surface area contributed by atoms with Gasteiger partial charge in [-0.1, -0.05) is 5.16 Å². The zero-order valence-electron chi connectivity index (χ0n) is 13.0. The van der Waals surface area contributed by atoms with Crippen molar-refractivity contribution in [3.63, 3.8) is 0 Å². The zero-order chi connectivity index (χ0) is 16.4. The van der Waals surface area contributed by atoms with Crippen LogP contribution in [-0.4, -0.2) is 23.1 Å². The van der Waals surface area contributed by atoms with E-state index in [4.69, 9.17) is 9.26 Å². The van der Waals surface area contributed by atoms with Crippen LogP contribution in [0.4, 0.5) is 0 Å². The molecule has 1 aromatic carbocycles. The lowest BCUT2D eigenvalue weighted by molar-refractivity contribution is 0.0335. The van der Waals surface area contributed by atoms with E-state index in [0.29, 0.717) is 22.9 Å². The number of aryl methyl sites for hydroxylation is 1. The van der Waals surface area contributed by atoms with Crippen LogP contribution in [0.1, 0.15) is 57.9 Å². The van der Waals surface area contributed by atoms with Gasteiger partial charge in [0.15, 0.2) is 0 Å². The highest BCUT2D eigenvalue weighted by Gasteiger charge is 2.24. The predicted octanol–water partition coefficient (Wildman–Crippen LogP) is 2.79. The Hall–Kier alpha value is -2.63. The highest BCUT2D eigenvalue weighted by molar-refractivity contribution is 5.96. The summed E-state index contributed by atoms with van der Waals surface area (Å²) in [5.41, 5.74) is 1.67. The summed E-state index contributed by atoms with van der Waals surface area (Å²) in [6.45, 7) is 3.52. The van der Waals surface area contributed by atoms with Gasteiger partial charge in [-0.25, -0.2) is 4.79 Å². The summed E-state index contributed by atoms with van der Waals surface area (Å²) < 4.78 is 10.4. The maximum atomic E-state index is 12.2. The lowest BCUT2D eigenvalue weighted by Crippen LogP contribution is -2.25. The second kappa shape index (κ2) is 6.24. The van der Waals surface area contributed by atoms with Gasteiger partial charge < -0.3 is 14.6 Å². The molecule has 1 aliphatic carbocycles. The monoisotopic (exact) mass is 314 g/mol. The van der Waals surface area contributed by atoms with Gasteiger partial charge in [-0.15, -0.1) is 0 Å². The summed E-state index contributed by atoms with van der Waals surface area (Å²) in [5, 5.41) is 6.58. The molecule has 120 valence electrons. The van der Waals surface area contributed by atoms with Gasteiger partial charge in [-0.05, 0) is 51.0 Å². The van der Waals surface area contributed by atoms with E-state index >= 15 is 0 Å². The first-order valence-corrected chi connectivity index (χ1v) is 7.57. The van der Waals surface area contributed by atoms with Crippen LogP contribution in [0, 0.1) is 6.92 Å². The van der Waals surface area contributed by atoms with Crippen LogP contribution in [0.3, 0.4) is 0 Å². The fourth-order valence-corrected chi connectivity index (χ4v) is 2.24. The lowest BCUT2D eigenvalue weighted by atomic mass is 10.1. The molecular weight excluding hydrogens is 296 g/mol. The number of nitrogens with one attached hydrogen (secondary N) is 1.